The predicted octanol–water partition coefficient (Wildman–Crippen LogP) is 3.34. The number of fused-ring (bicyclic) bond motifs is 1. The summed E-state index contributed by atoms with van der Waals surface area (Å²) < 4.78 is 8.01. The van der Waals surface area contributed by atoms with E-state index in [1.165, 1.54) is 0 Å². The molecule has 0 aromatic carbocycles. The van der Waals surface area contributed by atoms with Gasteiger partial charge in [0.05, 0.1) is 16.7 Å². The summed E-state index contributed by atoms with van der Waals surface area (Å²) in [4.78, 5) is 11.5. The van der Waals surface area contributed by atoms with Gasteiger partial charge in [0.25, 0.3) is 0 Å². The van der Waals surface area contributed by atoms with E-state index in [9.17, 15) is 0 Å². The van der Waals surface area contributed by atoms with Gasteiger partial charge in [-0.1, -0.05) is 19.0 Å². The van der Waals surface area contributed by atoms with Gasteiger partial charge in [0.1, 0.15) is 5.82 Å². The number of rotatable bonds is 3. The highest BCUT2D eigenvalue weighted by molar-refractivity contribution is 9.10. The number of hydrogen-bond donors (Lipinski definition) is 0. The summed E-state index contributed by atoms with van der Waals surface area (Å²) in [5.74, 6) is 2.59. The zero-order valence-electron chi connectivity index (χ0n) is 13.0. The van der Waals surface area contributed by atoms with Crippen LogP contribution in [0.5, 0.6) is 0 Å². The molecule has 0 N–H and O–H groups in total. The Morgan fingerprint density at radius 3 is 3.00 bits per heavy atom. The van der Waals surface area contributed by atoms with Gasteiger partial charge < -0.3 is 9.42 Å². The van der Waals surface area contributed by atoms with Crippen molar-refractivity contribution in [3.05, 3.63) is 34.6 Å². The molecule has 0 amide bonds. The van der Waals surface area contributed by atoms with Gasteiger partial charge in [0.2, 0.25) is 5.89 Å². The number of hydrogen-bond acceptors (Lipinski definition) is 6. The third-order valence-electron chi connectivity index (χ3n) is 4.11. The zero-order chi connectivity index (χ0) is 16.0. The molecule has 1 aliphatic heterocycles. The fourth-order valence-corrected chi connectivity index (χ4v) is 3.28. The minimum Gasteiger partial charge on any atom is -0.346 e. The molecule has 1 atom stereocenters. The molecule has 4 rings (SSSR count). The fraction of sp³-hybridized carbons (Fsp3) is 0.467. The average Bonchev–Trinajstić information content (AvgIpc) is 3.25. The quantitative estimate of drug-likeness (QED) is 0.697. The Bertz CT molecular complexity index is 841. The van der Waals surface area contributed by atoms with Gasteiger partial charge in [-0.2, -0.15) is 10.1 Å². The van der Waals surface area contributed by atoms with E-state index in [0.717, 1.165) is 41.1 Å². The van der Waals surface area contributed by atoms with Crippen molar-refractivity contribution < 1.29 is 4.52 Å². The molecule has 8 heteroatoms. The number of halogens is 1. The molecule has 0 bridgehead atoms. The number of aromatic nitrogens is 5. The van der Waals surface area contributed by atoms with Crippen LogP contribution in [0, 0.1) is 0 Å². The second kappa shape index (κ2) is 5.59. The van der Waals surface area contributed by atoms with Crippen LogP contribution >= 0.6 is 15.9 Å². The van der Waals surface area contributed by atoms with Crippen molar-refractivity contribution >= 4 is 27.4 Å². The first kappa shape index (κ1) is 14.6. The molecule has 1 fully saturated rings. The third kappa shape index (κ3) is 2.50. The van der Waals surface area contributed by atoms with Gasteiger partial charge in [0, 0.05) is 18.7 Å². The van der Waals surface area contributed by atoms with Crippen LogP contribution in [0.2, 0.25) is 0 Å². The van der Waals surface area contributed by atoms with Gasteiger partial charge in [-0.05, 0) is 34.8 Å². The molecule has 3 aromatic rings. The first-order chi connectivity index (χ1) is 11.1. The highest BCUT2D eigenvalue weighted by atomic mass is 79.9. The third-order valence-corrected chi connectivity index (χ3v) is 4.67. The van der Waals surface area contributed by atoms with Gasteiger partial charge >= 0.3 is 0 Å². The van der Waals surface area contributed by atoms with Crippen molar-refractivity contribution in [1.82, 2.24) is 24.7 Å². The van der Waals surface area contributed by atoms with Gasteiger partial charge in [-0.3, -0.25) is 0 Å². The largest absolute Gasteiger partial charge is 0.346 e. The van der Waals surface area contributed by atoms with E-state index in [2.05, 4.69) is 49.9 Å². The lowest BCUT2D eigenvalue weighted by atomic mass is 10.2. The molecule has 0 aliphatic carbocycles. The Morgan fingerprint density at radius 2 is 2.22 bits per heavy atom. The van der Waals surface area contributed by atoms with Crippen LogP contribution in [0.15, 0.2) is 27.5 Å². The lowest BCUT2D eigenvalue weighted by Crippen LogP contribution is -2.24. The van der Waals surface area contributed by atoms with Crippen LogP contribution in [0.3, 0.4) is 0 Å². The van der Waals surface area contributed by atoms with E-state index >= 15 is 0 Å². The summed E-state index contributed by atoms with van der Waals surface area (Å²) in [6.07, 6.45) is 5.77. The molecule has 0 radical (unpaired) electrons. The van der Waals surface area contributed by atoms with Crippen LogP contribution in [-0.2, 0) is 0 Å². The van der Waals surface area contributed by atoms with E-state index < -0.39 is 0 Å². The molecular weight excluding hydrogens is 360 g/mol. The second-order valence-electron chi connectivity index (χ2n) is 6.04. The normalized spacial score (nSPS) is 18.4. The monoisotopic (exact) mass is 376 g/mol. The van der Waals surface area contributed by atoms with Crippen molar-refractivity contribution in [2.75, 3.05) is 11.4 Å². The average molecular weight is 377 g/mol. The Morgan fingerprint density at radius 1 is 1.35 bits per heavy atom. The number of anilines is 1. The van der Waals surface area contributed by atoms with Crippen molar-refractivity contribution in [2.45, 2.75) is 38.6 Å². The van der Waals surface area contributed by atoms with E-state index in [1.54, 1.807) is 10.7 Å². The van der Waals surface area contributed by atoms with E-state index in [4.69, 9.17) is 9.51 Å². The van der Waals surface area contributed by atoms with Gasteiger partial charge in [-0.15, -0.1) is 0 Å². The van der Waals surface area contributed by atoms with Gasteiger partial charge in [0.15, 0.2) is 11.5 Å². The summed E-state index contributed by atoms with van der Waals surface area (Å²) in [5, 5.41) is 8.42. The number of nitrogens with zero attached hydrogens (tertiary/aromatic N) is 6. The van der Waals surface area contributed by atoms with Crippen LogP contribution in [-0.4, -0.2) is 31.3 Å². The van der Waals surface area contributed by atoms with Crippen molar-refractivity contribution in [3.8, 4) is 0 Å². The molecule has 1 unspecified atom stereocenters. The van der Waals surface area contributed by atoms with Crippen LogP contribution < -0.4 is 4.90 Å². The van der Waals surface area contributed by atoms with Crippen molar-refractivity contribution in [1.29, 1.82) is 0 Å². The summed E-state index contributed by atoms with van der Waals surface area (Å²) in [6, 6.07) is 2.09. The van der Waals surface area contributed by atoms with E-state index in [-0.39, 0.29) is 12.0 Å². The van der Waals surface area contributed by atoms with Gasteiger partial charge in [-0.25, -0.2) is 9.50 Å². The molecule has 1 aliphatic rings. The highest BCUT2D eigenvalue weighted by Crippen LogP contribution is 2.34. The molecule has 1 saturated heterocycles. The lowest BCUT2D eigenvalue weighted by molar-refractivity contribution is 0.358. The van der Waals surface area contributed by atoms with Crippen molar-refractivity contribution in [3.63, 3.8) is 0 Å². The SMILES string of the molecule is CC(C)c1nc(C2CCCN2c2ccn3ncc(Br)c3n2)no1. The summed E-state index contributed by atoms with van der Waals surface area (Å²) >= 11 is 3.48. The summed E-state index contributed by atoms with van der Waals surface area (Å²) in [6.45, 7) is 5.04. The van der Waals surface area contributed by atoms with E-state index in [0.29, 0.717) is 5.89 Å². The first-order valence-corrected chi connectivity index (χ1v) is 8.53. The topological polar surface area (TPSA) is 72.4 Å². The minimum atomic E-state index is 0.114. The maximum Gasteiger partial charge on any atom is 0.229 e. The fourth-order valence-electron chi connectivity index (χ4n) is 2.92. The molecule has 120 valence electrons. The van der Waals surface area contributed by atoms with Crippen LogP contribution in [0.1, 0.15) is 50.4 Å². The second-order valence-corrected chi connectivity index (χ2v) is 6.90. The Labute approximate surface area is 141 Å². The molecule has 4 heterocycles. The highest BCUT2D eigenvalue weighted by Gasteiger charge is 2.31. The predicted molar refractivity (Wildman–Crippen MR) is 88.4 cm³/mol. The summed E-state index contributed by atoms with van der Waals surface area (Å²) in [5.41, 5.74) is 0.809. The van der Waals surface area contributed by atoms with E-state index in [1.807, 2.05) is 12.3 Å². The van der Waals surface area contributed by atoms with Crippen molar-refractivity contribution in [2.24, 2.45) is 0 Å². The molecule has 0 saturated carbocycles. The van der Waals surface area contributed by atoms with Crippen LogP contribution in [0.25, 0.3) is 5.65 Å². The zero-order valence-corrected chi connectivity index (χ0v) is 14.6. The molecule has 7 nitrogen and oxygen atoms in total. The molecule has 0 spiro atoms. The maximum absolute atomic E-state index is 5.37. The van der Waals surface area contributed by atoms with Crippen LogP contribution in [0.4, 0.5) is 5.82 Å². The Hall–Kier alpha value is -1.96. The first-order valence-electron chi connectivity index (χ1n) is 7.73. The molecule has 3 aromatic heterocycles. The Kier molecular flexibility index (Phi) is 3.56. The Balaban J connectivity index is 1.69. The standard InChI is InChI=1S/C15H17BrN6O/c1-9(2)15-19-13(20-23-15)11-4-3-6-21(11)12-5-7-22-14(18-12)10(16)8-17-22/h5,7-9,11H,3-4,6H2,1-2H3. The smallest absolute Gasteiger partial charge is 0.229 e. The molecular formula is C15H17BrN6O. The molecule has 23 heavy (non-hydrogen) atoms. The maximum atomic E-state index is 5.37. The summed E-state index contributed by atoms with van der Waals surface area (Å²) in [7, 11) is 0. The lowest BCUT2D eigenvalue weighted by Gasteiger charge is -2.23. The minimum absolute atomic E-state index is 0.114.